The summed E-state index contributed by atoms with van der Waals surface area (Å²) in [5.41, 5.74) is 0. The van der Waals surface area contributed by atoms with Gasteiger partial charge in [0.25, 0.3) is 5.91 Å². The lowest BCUT2D eigenvalue weighted by molar-refractivity contribution is -0.143. The Hall–Kier alpha value is -1.40. The molecule has 1 aromatic rings. The van der Waals surface area contributed by atoms with Crippen molar-refractivity contribution < 1.29 is 19.4 Å². The summed E-state index contributed by atoms with van der Waals surface area (Å²) < 4.78 is 4.46. The molecule has 17 heavy (non-hydrogen) atoms. The summed E-state index contributed by atoms with van der Waals surface area (Å²) in [4.78, 5) is 24.5. The van der Waals surface area contributed by atoms with Gasteiger partial charge in [0.05, 0.1) is 18.6 Å². The topological polar surface area (TPSA) is 75.6 Å². The number of rotatable bonds is 5. The fourth-order valence-corrected chi connectivity index (χ4v) is 2.09. The molecule has 5 nitrogen and oxygen atoms in total. The van der Waals surface area contributed by atoms with Gasteiger partial charge in [-0.25, -0.2) is 4.79 Å². The van der Waals surface area contributed by atoms with E-state index in [-0.39, 0.29) is 5.91 Å². The van der Waals surface area contributed by atoms with E-state index in [0.717, 1.165) is 11.3 Å². The molecule has 0 saturated heterocycles. The number of aliphatic hydroxyl groups excluding tert-OH is 1. The number of carbonyl (C=O) groups excluding carboxylic acids is 2. The van der Waals surface area contributed by atoms with Crippen LogP contribution in [0.5, 0.6) is 0 Å². The molecule has 0 aromatic carbocycles. The SMILES string of the molecule is CCc1ccc(C(=O)NC(CO)C(=O)OC)s1. The molecule has 1 heterocycles. The van der Waals surface area contributed by atoms with E-state index in [1.165, 1.54) is 18.4 Å². The zero-order valence-electron chi connectivity index (χ0n) is 9.73. The van der Waals surface area contributed by atoms with Crippen molar-refractivity contribution >= 4 is 23.2 Å². The fourth-order valence-electron chi connectivity index (χ4n) is 1.24. The molecule has 1 unspecified atom stereocenters. The van der Waals surface area contributed by atoms with Crippen molar-refractivity contribution in [1.29, 1.82) is 0 Å². The number of methoxy groups -OCH3 is 1. The van der Waals surface area contributed by atoms with Crippen LogP contribution in [0.2, 0.25) is 0 Å². The number of hydrogen-bond acceptors (Lipinski definition) is 5. The van der Waals surface area contributed by atoms with E-state index >= 15 is 0 Å². The van der Waals surface area contributed by atoms with E-state index in [0.29, 0.717) is 4.88 Å². The number of amides is 1. The minimum absolute atomic E-state index is 0.376. The van der Waals surface area contributed by atoms with Crippen LogP contribution in [-0.2, 0) is 16.0 Å². The monoisotopic (exact) mass is 257 g/mol. The van der Waals surface area contributed by atoms with Gasteiger partial charge < -0.3 is 15.2 Å². The highest BCUT2D eigenvalue weighted by atomic mass is 32.1. The van der Waals surface area contributed by atoms with Gasteiger partial charge in [-0.3, -0.25) is 4.79 Å². The Morgan fingerprint density at radius 1 is 1.53 bits per heavy atom. The molecule has 1 amide bonds. The lowest BCUT2D eigenvalue weighted by Gasteiger charge is -2.12. The maximum atomic E-state index is 11.7. The highest BCUT2D eigenvalue weighted by Crippen LogP contribution is 2.16. The van der Waals surface area contributed by atoms with Gasteiger partial charge in [0.2, 0.25) is 0 Å². The van der Waals surface area contributed by atoms with Crippen molar-refractivity contribution in [2.75, 3.05) is 13.7 Å². The maximum Gasteiger partial charge on any atom is 0.330 e. The molecular formula is C11H15NO4S. The molecule has 2 N–H and O–H groups in total. The summed E-state index contributed by atoms with van der Waals surface area (Å²) in [7, 11) is 1.21. The number of ether oxygens (including phenoxy) is 1. The van der Waals surface area contributed by atoms with Gasteiger partial charge in [-0.15, -0.1) is 11.3 Å². The summed E-state index contributed by atoms with van der Waals surface area (Å²) in [5.74, 6) is -1.03. The van der Waals surface area contributed by atoms with E-state index in [1.807, 2.05) is 13.0 Å². The first kappa shape index (κ1) is 13.7. The third kappa shape index (κ3) is 3.54. The van der Waals surface area contributed by atoms with E-state index in [9.17, 15) is 9.59 Å². The van der Waals surface area contributed by atoms with Crippen LogP contribution in [0.3, 0.4) is 0 Å². The second-order valence-corrected chi connectivity index (χ2v) is 4.52. The fraction of sp³-hybridized carbons (Fsp3) is 0.455. The van der Waals surface area contributed by atoms with Crippen molar-refractivity contribution in [2.24, 2.45) is 0 Å². The van der Waals surface area contributed by atoms with Gasteiger partial charge in [0, 0.05) is 4.88 Å². The first-order chi connectivity index (χ1) is 8.12. The zero-order valence-corrected chi connectivity index (χ0v) is 10.5. The van der Waals surface area contributed by atoms with E-state index in [2.05, 4.69) is 10.1 Å². The van der Waals surface area contributed by atoms with E-state index in [1.54, 1.807) is 6.07 Å². The molecular weight excluding hydrogens is 242 g/mol. The van der Waals surface area contributed by atoms with Crippen LogP contribution in [-0.4, -0.2) is 36.7 Å². The molecule has 94 valence electrons. The predicted molar refractivity (Wildman–Crippen MR) is 64.1 cm³/mol. The third-order valence-corrected chi connectivity index (χ3v) is 3.44. The van der Waals surface area contributed by atoms with Gasteiger partial charge in [-0.1, -0.05) is 6.92 Å². The van der Waals surface area contributed by atoms with Crippen molar-refractivity contribution in [2.45, 2.75) is 19.4 Å². The van der Waals surface area contributed by atoms with Gasteiger partial charge in [0.1, 0.15) is 0 Å². The largest absolute Gasteiger partial charge is 0.467 e. The molecule has 0 aliphatic rings. The van der Waals surface area contributed by atoms with Crippen LogP contribution < -0.4 is 5.32 Å². The van der Waals surface area contributed by atoms with Crippen molar-refractivity contribution in [3.05, 3.63) is 21.9 Å². The Bertz CT molecular complexity index is 402. The Kier molecular flexibility index (Phi) is 5.11. The van der Waals surface area contributed by atoms with Crippen LogP contribution in [0.1, 0.15) is 21.5 Å². The zero-order chi connectivity index (χ0) is 12.8. The van der Waals surface area contributed by atoms with Gasteiger partial charge >= 0.3 is 5.97 Å². The van der Waals surface area contributed by atoms with Gasteiger partial charge in [-0.2, -0.15) is 0 Å². The van der Waals surface area contributed by atoms with Crippen LogP contribution in [0.15, 0.2) is 12.1 Å². The molecule has 0 fully saturated rings. The molecule has 1 atom stereocenters. The first-order valence-electron chi connectivity index (χ1n) is 5.20. The third-order valence-electron chi connectivity index (χ3n) is 2.21. The van der Waals surface area contributed by atoms with Gasteiger partial charge in [0.15, 0.2) is 6.04 Å². The lowest BCUT2D eigenvalue weighted by atomic mass is 10.3. The number of nitrogens with one attached hydrogen (secondary N) is 1. The van der Waals surface area contributed by atoms with Gasteiger partial charge in [-0.05, 0) is 18.6 Å². The molecule has 1 rings (SSSR count). The summed E-state index contributed by atoms with van der Waals surface area (Å²) in [5, 5.41) is 11.4. The number of aliphatic hydroxyl groups is 1. The molecule has 1 aromatic heterocycles. The van der Waals surface area contributed by atoms with Crippen LogP contribution in [0, 0.1) is 0 Å². The summed E-state index contributed by atoms with van der Waals surface area (Å²) in [6.45, 7) is 1.52. The molecule has 6 heteroatoms. The number of hydrogen-bond donors (Lipinski definition) is 2. The van der Waals surface area contributed by atoms with Crippen LogP contribution >= 0.6 is 11.3 Å². The highest BCUT2D eigenvalue weighted by molar-refractivity contribution is 7.14. The van der Waals surface area contributed by atoms with E-state index in [4.69, 9.17) is 5.11 Å². The minimum atomic E-state index is -1.01. The molecule has 0 saturated carbocycles. The summed E-state index contributed by atoms with van der Waals surface area (Å²) in [6, 6.07) is 2.55. The Labute approximate surface area is 103 Å². The second kappa shape index (κ2) is 6.36. The number of thiophene rings is 1. The average molecular weight is 257 g/mol. The van der Waals surface area contributed by atoms with Crippen LogP contribution in [0.25, 0.3) is 0 Å². The average Bonchev–Trinajstić information content (AvgIpc) is 2.83. The summed E-state index contributed by atoms with van der Waals surface area (Å²) >= 11 is 1.37. The number of carbonyl (C=O) groups is 2. The predicted octanol–water partition coefficient (Wildman–Crippen LogP) is 0.574. The molecule has 0 spiro atoms. The summed E-state index contributed by atoms with van der Waals surface area (Å²) in [6.07, 6.45) is 0.860. The lowest BCUT2D eigenvalue weighted by Crippen LogP contribution is -2.43. The Morgan fingerprint density at radius 2 is 2.24 bits per heavy atom. The van der Waals surface area contributed by atoms with Crippen molar-refractivity contribution in [3.8, 4) is 0 Å². The highest BCUT2D eigenvalue weighted by Gasteiger charge is 2.21. The maximum absolute atomic E-state index is 11.7. The van der Waals surface area contributed by atoms with E-state index < -0.39 is 18.6 Å². The minimum Gasteiger partial charge on any atom is -0.467 e. The first-order valence-corrected chi connectivity index (χ1v) is 6.02. The normalized spacial score (nSPS) is 11.9. The second-order valence-electron chi connectivity index (χ2n) is 3.35. The molecule has 0 aliphatic carbocycles. The molecule has 0 radical (unpaired) electrons. The van der Waals surface area contributed by atoms with Crippen LogP contribution in [0.4, 0.5) is 0 Å². The number of esters is 1. The van der Waals surface area contributed by atoms with Crippen molar-refractivity contribution in [3.63, 3.8) is 0 Å². The van der Waals surface area contributed by atoms with Crippen molar-refractivity contribution in [1.82, 2.24) is 5.32 Å². The smallest absolute Gasteiger partial charge is 0.330 e. The Balaban J connectivity index is 2.67. The molecule has 0 aliphatic heterocycles. The Morgan fingerprint density at radius 3 is 2.71 bits per heavy atom. The quantitative estimate of drug-likeness (QED) is 0.756. The molecule has 0 bridgehead atoms. The standard InChI is InChI=1S/C11H15NO4S/c1-3-7-4-5-9(17-7)10(14)12-8(6-13)11(15)16-2/h4-5,8,13H,3,6H2,1-2H3,(H,12,14). The number of aryl methyl sites for hydroxylation is 1.